The minimum atomic E-state index is 0.117. The molecule has 1 aromatic carbocycles. The first-order valence-corrected chi connectivity index (χ1v) is 8.35. The summed E-state index contributed by atoms with van der Waals surface area (Å²) in [5.41, 5.74) is 1.46. The van der Waals surface area contributed by atoms with Gasteiger partial charge in [-0.15, -0.1) is 0 Å². The first-order valence-electron chi connectivity index (χ1n) is 8.35. The molecule has 1 aromatic rings. The molecule has 5 heteroatoms. The molecule has 0 aliphatic carbocycles. The summed E-state index contributed by atoms with van der Waals surface area (Å²) in [6, 6.07) is 7.99. The first kappa shape index (κ1) is 19.5. The van der Waals surface area contributed by atoms with Crippen molar-refractivity contribution in [1.82, 2.24) is 5.32 Å². The van der Waals surface area contributed by atoms with Gasteiger partial charge >= 0.3 is 0 Å². The van der Waals surface area contributed by atoms with E-state index in [9.17, 15) is 4.79 Å². The van der Waals surface area contributed by atoms with E-state index in [0.29, 0.717) is 6.54 Å². The Morgan fingerprint density at radius 2 is 1.91 bits per heavy atom. The zero-order chi connectivity index (χ0) is 17.3. The van der Waals surface area contributed by atoms with E-state index < -0.39 is 0 Å². The fourth-order valence-corrected chi connectivity index (χ4v) is 2.36. The fraction of sp³-hybridized carbons (Fsp3) is 0.611. The number of nitrogens with two attached hydrogens (primary N) is 1. The normalized spacial score (nSPS) is 12.7. The van der Waals surface area contributed by atoms with Crippen molar-refractivity contribution < 1.29 is 19.7 Å². The van der Waals surface area contributed by atoms with Gasteiger partial charge in [0, 0.05) is 18.5 Å². The van der Waals surface area contributed by atoms with Gasteiger partial charge in [0.25, 0.3) is 5.91 Å². The molecule has 1 rings (SSSR count). The van der Waals surface area contributed by atoms with Crippen LogP contribution in [-0.2, 0) is 11.3 Å². The largest absolute Gasteiger partial charge is 0.497 e. The van der Waals surface area contributed by atoms with Crippen LogP contribution in [0.5, 0.6) is 5.75 Å². The van der Waals surface area contributed by atoms with E-state index in [0.717, 1.165) is 31.8 Å². The Kier molecular flexibility index (Phi) is 8.06. The number of carbonyl (C=O) groups is 1. The molecule has 0 aromatic heterocycles. The molecule has 1 amide bonds. The van der Waals surface area contributed by atoms with Gasteiger partial charge in [-0.3, -0.25) is 4.79 Å². The number of hydrogen-bond donors (Lipinski definition) is 3. The molecule has 4 N–H and O–H groups in total. The van der Waals surface area contributed by atoms with Crippen LogP contribution in [0.1, 0.15) is 32.8 Å². The molecule has 0 aliphatic heterocycles. The highest BCUT2D eigenvalue weighted by atomic mass is 16.5. The molecule has 0 saturated heterocycles. The van der Waals surface area contributed by atoms with Crippen molar-refractivity contribution in [2.24, 2.45) is 0 Å². The summed E-state index contributed by atoms with van der Waals surface area (Å²) >= 11 is 0. The van der Waals surface area contributed by atoms with Crippen LogP contribution in [0, 0.1) is 0 Å². The highest BCUT2D eigenvalue weighted by Gasteiger charge is 2.13. The average molecular weight is 323 g/mol. The maximum Gasteiger partial charge on any atom is 0.275 e. The molecule has 130 valence electrons. The average Bonchev–Trinajstić information content (AvgIpc) is 2.46. The summed E-state index contributed by atoms with van der Waals surface area (Å²) in [5.74, 6) is 0.975. The third-order valence-electron chi connectivity index (χ3n) is 3.59. The lowest BCUT2D eigenvalue weighted by Crippen LogP contribution is -3.08. The molecule has 1 unspecified atom stereocenters. The van der Waals surface area contributed by atoms with Gasteiger partial charge in [-0.25, -0.2) is 0 Å². The lowest BCUT2D eigenvalue weighted by atomic mass is 10.1. The Labute approximate surface area is 140 Å². The minimum absolute atomic E-state index is 0.117. The molecule has 1 atom stereocenters. The number of quaternary nitrogens is 2. The van der Waals surface area contributed by atoms with Crippen LogP contribution < -0.4 is 20.3 Å². The predicted octanol–water partition coefficient (Wildman–Crippen LogP) is -0.422. The Bertz CT molecular complexity index is 466. The SMILES string of the molecule is COc1ccc(C[NH+](C)CC(=O)NCCC[NH2+]C(C)(C)C)cc1. The first-order chi connectivity index (χ1) is 10.8. The monoisotopic (exact) mass is 323 g/mol. The van der Waals surface area contributed by atoms with Crippen molar-refractivity contribution in [3.8, 4) is 5.75 Å². The van der Waals surface area contributed by atoms with Crippen LogP contribution in [0.2, 0.25) is 0 Å². The number of likely N-dealkylation sites (N-methyl/N-ethyl adjacent to an activating group) is 1. The molecule has 5 nitrogen and oxygen atoms in total. The van der Waals surface area contributed by atoms with E-state index in [2.05, 4.69) is 31.4 Å². The van der Waals surface area contributed by atoms with Gasteiger partial charge in [-0.2, -0.15) is 0 Å². The summed E-state index contributed by atoms with van der Waals surface area (Å²) in [5, 5.41) is 5.31. The lowest BCUT2D eigenvalue weighted by Gasteiger charge is -2.17. The second-order valence-electron chi connectivity index (χ2n) is 7.22. The number of carbonyl (C=O) groups excluding carboxylic acids is 1. The molecule has 0 heterocycles. The summed E-state index contributed by atoms with van der Waals surface area (Å²) < 4.78 is 5.15. The van der Waals surface area contributed by atoms with Crippen molar-refractivity contribution in [2.75, 3.05) is 33.8 Å². The number of benzene rings is 1. The zero-order valence-corrected chi connectivity index (χ0v) is 15.2. The number of nitrogens with one attached hydrogen (secondary N) is 2. The Balaban J connectivity index is 2.20. The van der Waals surface area contributed by atoms with Crippen molar-refractivity contribution in [3.05, 3.63) is 29.8 Å². The van der Waals surface area contributed by atoms with Crippen molar-refractivity contribution in [2.45, 2.75) is 39.3 Å². The van der Waals surface area contributed by atoms with Gasteiger partial charge in [-0.05, 0) is 45.0 Å². The van der Waals surface area contributed by atoms with Gasteiger partial charge in [0.2, 0.25) is 0 Å². The molecule has 0 saturated carbocycles. The number of rotatable bonds is 9. The van der Waals surface area contributed by atoms with Crippen LogP contribution in [0.3, 0.4) is 0 Å². The molecule has 0 spiro atoms. The second-order valence-corrected chi connectivity index (χ2v) is 7.22. The van der Waals surface area contributed by atoms with E-state index in [-0.39, 0.29) is 11.4 Å². The summed E-state index contributed by atoms with van der Waals surface area (Å²) in [7, 11) is 3.70. The third kappa shape index (κ3) is 9.21. The summed E-state index contributed by atoms with van der Waals surface area (Å²) in [4.78, 5) is 13.1. The number of ether oxygens (including phenoxy) is 1. The zero-order valence-electron chi connectivity index (χ0n) is 15.2. The number of amides is 1. The van der Waals surface area contributed by atoms with E-state index in [4.69, 9.17) is 4.74 Å². The van der Waals surface area contributed by atoms with Gasteiger partial charge in [0.05, 0.1) is 26.2 Å². The molecule has 23 heavy (non-hydrogen) atoms. The van der Waals surface area contributed by atoms with Crippen LogP contribution in [0.15, 0.2) is 24.3 Å². The predicted molar refractivity (Wildman–Crippen MR) is 92.6 cm³/mol. The topological polar surface area (TPSA) is 59.4 Å². The molecular weight excluding hydrogens is 290 g/mol. The molecule has 0 bridgehead atoms. The lowest BCUT2D eigenvalue weighted by molar-refractivity contribution is -0.885. The van der Waals surface area contributed by atoms with Crippen molar-refractivity contribution in [1.29, 1.82) is 0 Å². The summed E-state index contributed by atoms with van der Waals surface area (Å²) in [6.45, 7) is 9.71. The van der Waals surface area contributed by atoms with Crippen LogP contribution in [-0.4, -0.2) is 45.2 Å². The van der Waals surface area contributed by atoms with E-state index >= 15 is 0 Å². The van der Waals surface area contributed by atoms with E-state index in [1.54, 1.807) is 7.11 Å². The van der Waals surface area contributed by atoms with Gasteiger partial charge < -0.3 is 20.3 Å². The quantitative estimate of drug-likeness (QED) is 0.541. The highest BCUT2D eigenvalue weighted by molar-refractivity contribution is 5.76. The number of hydrogen-bond acceptors (Lipinski definition) is 2. The van der Waals surface area contributed by atoms with E-state index in [1.807, 2.05) is 31.3 Å². The number of methoxy groups -OCH3 is 1. The highest BCUT2D eigenvalue weighted by Crippen LogP contribution is 2.10. The second kappa shape index (κ2) is 9.53. The minimum Gasteiger partial charge on any atom is -0.497 e. The van der Waals surface area contributed by atoms with Crippen molar-refractivity contribution in [3.63, 3.8) is 0 Å². The fourth-order valence-electron chi connectivity index (χ4n) is 2.36. The standard InChI is InChI=1S/C18H31N3O2/c1-18(2,3)20-12-6-11-19-17(22)14-21(4)13-15-7-9-16(23-5)10-8-15/h7-10,20H,6,11-14H2,1-5H3,(H,19,22)/p+2. The van der Waals surface area contributed by atoms with Crippen molar-refractivity contribution >= 4 is 5.91 Å². The maximum atomic E-state index is 11.9. The smallest absolute Gasteiger partial charge is 0.275 e. The van der Waals surface area contributed by atoms with Crippen LogP contribution >= 0.6 is 0 Å². The van der Waals surface area contributed by atoms with Crippen LogP contribution in [0.25, 0.3) is 0 Å². The summed E-state index contributed by atoms with van der Waals surface area (Å²) in [6.07, 6.45) is 1.00. The van der Waals surface area contributed by atoms with Crippen LogP contribution in [0.4, 0.5) is 0 Å². The van der Waals surface area contributed by atoms with E-state index in [1.165, 1.54) is 10.5 Å². The molecule has 0 radical (unpaired) electrons. The molecule has 0 fully saturated rings. The Morgan fingerprint density at radius 3 is 2.48 bits per heavy atom. The van der Waals surface area contributed by atoms with Gasteiger partial charge in [0.15, 0.2) is 6.54 Å². The van der Waals surface area contributed by atoms with Gasteiger partial charge in [0.1, 0.15) is 12.3 Å². The Morgan fingerprint density at radius 1 is 1.26 bits per heavy atom. The maximum absolute atomic E-state index is 11.9. The third-order valence-corrected chi connectivity index (χ3v) is 3.59. The molecule has 0 aliphatic rings. The molecular formula is C18H33N3O2+2. The Hall–Kier alpha value is -1.59. The van der Waals surface area contributed by atoms with Gasteiger partial charge in [-0.1, -0.05) is 0 Å².